The average molecular weight is 307 g/mol. The summed E-state index contributed by atoms with van der Waals surface area (Å²) in [7, 11) is 0. The van der Waals surface area contributed by atoms with Crippen molar-refractivity contribution in [3.05, 3.63) is 57.7 Å². The zero-order chi connectivity index (χ0) is 13.1. The van der Waals surface area contributed by atoms with E-state index in [2.05, 4.69) is 20.9 Å². The zero-order valence-electron chi connectivity index (χ0n) is 10.1. The summed E-state index contributed by atoms with van der Waals surface area (Å²) in [6.45, 7) is 1.99. The van der Waals surface area contributed by atoms with Gasteiger partial charge in [0, 0.05) is 17.1 Å². The van der Waals surface area contributed by atoms with Crippen LogP contribution in [0, 0.1) is 6.92 Å². The van der Waals surface area contributed by atoms with Crippen molar-refractivity contribution in [1.29, 1.82) is 0 Å². The van der Waals surface area contributed by atoms with Crippen LogP contribution in [-0.4, -0.2) is 10.1 Å². The number of aryl methyl sites for hydroxylation is 1. The molecule has 3 nitrogen and oxygen atoms in total. The second kappa shape index (κ2) is 5.50. The number of rotatable bonds is 3. The van der Waals surface area contributed by atoms with Crippen molar-refractivity contribution in [2.45, 2.75) is 19.4 Å². The van der Waals surface area contributed by atoms with Gasteiger partial charge < -0.3 is 10.8 Å². The van der Waals surface area contributed by atoms with Gasteiger partial charge in [-0.15, -0.1) is 0 Å². The van der Waals surface area contributed by atoms with Crippen LogP contribution in [0.3, 0.4) is 0 Å². The van der Waals surface area contributed by atoms with Crippen molar-refractivity contribution in [3.63, 3.8) is 0 Å². The molecule has 0 spiro atoms. The highest BCUT2D eigenvalue weighted by atomic mass is 79.9. The molecule has 0 radical (unpaired) electrons. The van der Waals surface area contributed by atoms with Crippen LogP contribution in [0.4, 0.5) is 5.82 Å². The molecule has 0 saturated heterocycles. The summed E-state index contributed by atoms with van der Waals surface area (Å²) in [5.41, 5.74) is 8.61. The van der Waals surface area contributed by atoms with Gasteiger partial charge in [-0.3, -0.25) is 0 Å². The van der Waals surface area contributed by atoms with Crippen molar-refractivity contribution in [2.24, 2.45) is 0 Å². The van der Waals surface area contributed by atoms with Gasteiger partial charge in [0.25, 0.3) is 0 Å². The molecular weight excluding hydrogens is 292 g/mol. The largest absolute Gasteiger partial charge is 0.388 e. The number of nitrogens with zero attached hydrogens (tertiary/aromatic N) is 1. The summed E-state index contributed by atoms with van der Waals surface area (Å²) >= 11 is 3.42. The van der Waals surface area contributed by atoms with E-state index >= 15 is 0 Å². The molecule has 0 aliphatic heterocycles. The molecule has 0 fully saturated rings. The Morgan fingerprint density at radius 1 is 1.33 bits per heavy atom. The topological polar surface area (TPSA) is 59.1 Å². The molecule has 1 aromatic carbocycles. The van der Waals surface area contributed by atoms with Gasteiger partial charge in [-0.25, -0.2) is 4.98 Å². The van der Waals surface area contributed by atoms with Crippen molar-refractivity contribution in [3.8, 4) is 0 Å². The number of nitrogen functional groups attached to an aromatic ring is 1. The summed E-state index contributed by atoms with van der Waals surface area (Å²) in [5, 5.41) is 10.3. The maximum Gasteiger partial charge on any atom is 0.123 e. The molecule has 0 aliphatic rings. The Morgan fingerprint density at radius 2 is 2.11 bits per heavy atom. The summed E-state index contributed by atoms with van der Waals surface area (Å²) in [6, 6.07) is 9.53. The van der Waals surface area contributed by atoms with E-state index in [9.17, 15) is 5.11 Å². The number of hydrogen-bond donors (Lipinski definition) is 2. The molecular formula is C14H15BrN2O. The highest BCUT2D eigenvalue weighted by Gasteiger charge is 2.11. The highest BCUT2D eigenvalue weighted by molar-refractivity contribution is 9.10. The van der Waals surface area contributed by atoms with E-state index < -0.39 is 6.10 Å². The average Bonchev–Trinajstić information content (AvgIpc) is 2.28. The first-order valence-electron chi connectivity index (χ1n) is 5.71. The van der Waals surface area contributed by atoms with Crippen LogP contribution in [0.5, 0.6) is 0 Å². The Labute approximate surface area is 115 Å². The van der Waals surface area contributed by atoms with Gasteiger partial charge in [-0.2, -0.15) is 0 Å². The minimum absolute atomic E-state index is 0.479. The number of halogens is 1. The molecule has 0 amide bonds. The fourth-order valence-corrected chi connectivity index (χ4v) is 2.44. The van der Waals surface area contributed by atoms with Crippen molar-refractivity contribution in [1.82, 2.24) is 4.98 Å². The minimum atomic E-state index is -0.528. The summed E-state index contributed by atoms with van der Waals surface area (Å²) in [6.07, 6.45) is 1.67. The van der Waals surface area contributed by atoms with Gasteiger partial charge in [-0.05, 0) is 47.9 Å². The lowest BCUT2D eigenvalue weighted by Gasteiger charge is -2.14. The number of anilines is 1. The van der Waals surface area contributed by atoms with E-state index in [1.165, 1.54) is 0 Å². The maximum atomic E-state index is 10.3. The lowest BCUT2D eigenvalue weighted by atomic mass is 9.98. The third kappa shape index (κ3) is 3.09. The standard InChI is InChI=1S/C14H15BrN2O/c1-9-6-11(15)2-3-12(9)13(18)7-10-4-5-17-14(16)8-10/h2-6,8,13,18H,7H2,1H3,(H2,16,17). The number of aromatic nitrogens is 1. The Hall–Kier alpha value is -1.39. The minimum Gasteiger partial charge on any atom is -0.388 e. The monoisotopic (exact) mass is 306 g/mol. The Balaban J connectivity index is 2.19. The first-order valence-corrected chi connectivity index (χ1v) is 6.50. The molecule has 1 atom stereocenters. The van der Waals surface area contributed by atoms with Gasteiger partial charge in [-0.1, -0.05) is 22.0 Å². The van der Waals surface area contributed by atoms with Gasteiger partial charge in [0.1, 0.15) is 5.82 Å². The molecule has 0 saturated carbocycles. The molecule has 2 rings (SSSR count). The summed E-state index contributed by atoms with van der Waals surface area (Å²) in [5.74, 6) is 0.479. The Kier molecular flexibility index (Phi) is 3.99. The number of pyridine rings is 1. The molecule has 2 aromatic rings. The summed E-state index contributed by atoms with van der Waals surface area (Å²) < 4.78 is 1.02. The first kappa shape index (κ1) is 13.1. The normalized spacial score (nSPS) is 12.4. The fraction of sp³-hybridized carbons (Fsp3) is 0.214. The van der Waals surface area contributed by atoms with Gasteiger partial charge in [0.15, 0.2) is 0 Å². The van der Waals surface area contributed by atoms with Crippen LogP contribution in [-0.2, 0) is 6.42 Å². The number of benzene rings is 1. The van der Waals surface area contributed by atoms with E-state index in [4.69, 9.17) is 5.73 Å². The smallest absolute Gasteiger partial charge is 0.123 e. The highest BCUT2D eigenvalue weighted by Crippen LogP contribution is 2.24. The molecule has 0 bridgehead atoms. The van der Waals surface area contributed by atoms with Crippen LogP contribution in [0.25, 0.3) is 0 Å². The molecule has 18 heavy (non-hydrogen) atoms. The molecule has 1 heterocycles. The second-order valence-corrected chi connectivity index (χ2v) is 5.23. The van der Waals surface area contributed by atoms with E-state index in [0.717, 1.165) is 21.2 Å². The molecule has 1 aromatic heterocycles. The van der Waals surface area contributed by atoms with E-state index in [-0.39, 0.29) is 0 Å². The number of aliphatic hydroxyl groups excluding tert-OH is 1. The lowest BCUT2D eigenvalue weighted by molar-refractivity contribution is 0.177. The SMILES string of the molecule is Cc1cc(Br)ccc1C(O)Cc1ccnc(N)c1. The predicted molar refractivity (Wildman–Crippen MR) is 76.2 cm³/mol. The third-order valence-corrected chi connectivity index (χ3v) is 3.36. The molecule has 94 valence electrons. The molecule has 0 aliphatic carbocycles. The zero-order valence-corrected chi connectivity index (χ0v) is 11.7. The van der Waals surface area contributed by atoms with Gasteiger partial charge in [0.05, 0.1) is 6.10 Å². The van der Waals surface area contributed by atoms with Crippen LogP contribution >= 0.6 is 15.9 Å². The van der Waals surface area contributed by atoms with Crippen LogP contribution in [0.15, 0.2) is 41.0 Å². The lowest BCUT2D eigenvalue weighted by Crippen LogP contribution is -2.04. The summed E-state index contributed by atoms with van der Waals surface area (Å²) in [4.78, 5) is 3.94. The Bertz CT molecular complexity index is 557. The van der Waals surface area contributed by atoms with Gasteiger partial charge >= 0.3 is 0 Å². The quantitative estimate of drug-likeness (QED) is 0.916. The van der Waals surface area contributed by atoms with Gasteiger partial charge in [0.2, 0.25) is 0 Å². The second-order valence-electron chi connectivity index (χ2n) is 4.31. The maximum absolute atomic E-state index is 10.3. The molecule has 4 heteroatoms. The van der Waals surface area contributed by atoms with Crippen LogP contribution in [0.2, 0.25) is 0 Å². The Morgan fingerprint density at radius 3 is 2.78 bits per heavy atom. The number of aliphatic hydroxyl groups is 1. The number of nitrogens with two attached hydrogens (primary N) is 1. The first-order chi connectivity index (χ1) is 8.56. The molecule has 1 unspecified atom stereocenters. The van der Waals surface area contributed by atoms with Crippen LogP contribution in [0.1, 0.15) is 22.8 Å². The van der Waals surface area contributed by atoms with Crippen molar-refractivity contribution >= 4 is 21.7 Å². The van der Waals surface area contributed by atoms with E-state index in [1.807, 2.05) is 31.2 Å². The predicted octanol–water partition coefficient (Wildman–Crippen LogP) is 3.01. The van der Waals surface area contributed by atoms with E-state index in [0.29, 0.717) is 12.2 Å². The van der Waals surface area contributed by atoms with E-state index in [1.54, 1.807) is 12.3 Å². The molecule has 3 N–H and O–H groups in total. The fourth-order valence-electron chi connectivity index (χ4n) is 1.97. The van der Waals surface area contributed by atoms with Crippen molar-refractivity contribution < 1.29 is 5.11 Å². The van der Waals surface area contributed by atoms with Crippen molar-refractivity contribution in [2.75, 3.05) is 5.73 Å². The third-order valence-electron chi connectivity index (χ3n) is 2.87. The number of hydrogen-bond acceptors (Lipinski definition) is 3. The van der Waals surface area contributed by atoms with Crippen LogP contribution < -0.4 is 5.73 Å².